The molecule has 4 nitrogen and oxygen atoms in total. The molecule has 2 atom stereocenters. The highest BCUT2D eigenvalue weighted by Gasteiger charge is 2.40. The Kier molecular flexibility index (Phi) is 4.12. The molecule has 1 saturated carbocycles. The number of aliphatic imine (C=N–C) groups is 1. The lowest BCUT2D eigenvalue weighted by atomic mass is 9.77. The molecular weight excluding hydrogens is 341 g/mol. The van der Waals surface area contributed by atoms with E-state index < -0.39 is 0 Å². The molecule has 2 aromatic carbocycles. The van der Waals surface area contributed by atoms with Gasteiger partial charge < -0.3 is 15.4 Å². The van der Waals surface area contributed by atoms with Crippen LogP contribution in [0.1, 0.15) is 35.6 Å². The first-order chi connectivity index (χ1) is 13.2. The molecule has 0 aromatic heterocycles. The van der Waals surface area contributed by atoms with Crippen molar-refractivity contribution < 1.29 is 9.13 Å². The minimum Gasteiger partial charge on any atom is -0.460 e. The predicted molar refractivity (Wildman–Crippen MR) is 103 cm³/mol. The van der Waals surface area contributed by atoms with Gasteiger partial charge in [0.2, 0.25) is 0 Å². The van der Waals surface area contributed by atoms with E-state index in [9.17, 15) is 4.39 Å². The molecule has 0 radical (unpaired) electrons. The first-order valence-corrected chi connectivity index (χ1v) is 9.75. The summed E-state index contributed by atoms with van der Waals surface area (Å²) in [6, 6.07) is 16.3. The van der Waals surface area contributed by atoms with Gasteiger partial charge in [-0.1, -0.05) is 36.4 Å². The molecule has 140 valence electrons. The van der Waals surface area contributed by atoms with Crippen LogP contribution in [0.15, 0.2) is 53.5 Å². The summed E-state index contributed by atoms with van der Waals surface area (Å²) < 4.78 is 19.8. The van der Waals surface area contributed by atoms with Crippen LogP contribution in [-0.4, -0.2) is 36.2 Å². The molecule has 5 rings (SSSR count). The SMILES string of the molecule is N[C@H]1C[C@@H]([C@H]2CN=C(N3CCc4ccccc4[C@@H]3c3ccc(F)cc3)O2)C1. The van der Waals surface area contributed by atoms with Crippen LogP contribution in [0.4, 0.5) is 4.39 Å². The average Bonchev–Trinajstić information content (AvgIpc) is 3.15. The van der Waals surface area contributed by atoms with Gasteiger partial charge in [0.05, 0.1) is 12.6 Å². The van der Waals surface area contributed by atoms with E-state index in [1.165, 1.54) is 23.3 Å². The normalized spacial score (nSPS) is 29.6. The van der Waals surface area contributed by atoms with Crippen LogP contribution < -0.4 is 5.73 Å². The molecule has 2 N–H and O–H groups in total. The monoisotopic (exact) mass is 365 g/mol. The lowest BCUT2D eigenvalue weighted by molar-refractivity contribution is 0.0668. The van der Waals surface area contributed by atoms with Crippen molar-refractivity contribution >= 4 is 6.02 Å². The van der Waals surface area contributed by atoms with Crippen molar-refractivity contribution in [3.63, 3.8) is 0 Å². The average molecular weight is 365 g/mol. The third-order valence-corrected chi connectivity index (χ3v) is 6.11. The van der Waals surface area contributed by atoms with Gasteiger partial charge in [0, 0.05) is 18.5 Å². The standard InChI is InChI=1S/C22H24FN3O/c23-17-7-5-15(6-8-17)21-19-4-2-1-3-14(19)9-10-26(21)22-25-13-20(27-22)16-11-18(24)12-16/h1-8,16,18,20-21H,9-13,24H2/t16-,18+,20-,21+/m1/s1. The van der Waals surface area contributed by atoms with Gasteiger partial charge in [0.15, 0.2) is 0 Å². The molecule has 2 aliphatic heterocycles. The predicted octanol–water partition coefficient (Wildman–Crippen LogP) is 3.27. The minimum absolute atomic E-state index is 0.00306. The van der Waals surface area contributed by atoms with E-state index in [0.717, 1.165) is 37.4 Å². The number of benzene rings is 2. The van der Waals surface area contributed by atoms with Crippen molar-refractivity contribution in [2.45, 2.75) is 37.5 Å². The van der Waals surface area contributed by atoms with E-state index in [-0.39, 0.29) is 18.0 Å². The summed E-state index contributed by atoms with van der Waals surface area (Å²) in [6.45, 7) is 1.55. The fourth-order valence-corrected chi connectivity index (χ4v) is 4.57. The summed E-state index contributed by atoms with van der Waals surface area (Å²) in [7, 11) is 0. The summed E-state index contributed by atoms with van der Waals surface area (Å²) in [5.41, 5.74) is 9.58. The van der Waals surface area contributed by atoms with Gasteiger partial charge in [-0.25, -0.2) is 9.38 Å². The molecule has 2 aromatic rings. The zero-order valence-electron chi connectivity index (χ0n) is 15.2. The second-order valence-corrected chi connectivity index (χ2v) is 7.87. The van der Waals surface area contributed by atoms with E-state index in [4.69, 9.17) is 15.5 Å². The number of hydrogen-bond acceptors (Lipinski definition) is 4. The quantitative estimate of drug-likeness (QED) is 0.889. The summed E-state index contributed by atoms with van der Waals surface area (Å²) in [4.78, 5) is 6.98. The number of nitrogens with zero attached hydrogens (tertiary/aromatic N) is 2. The second-order valence-electron chi connectivity index (χ2n) is 7.87. The van der Waals surface area contributed by atoms with E-state index in [2.05, 4.69) is 29.2 Å². The Morgan fingerprint density at radius 3 is 2.63 bits per heavy atom. The first kappa shape index (κ1) is 16.8. The largest absolute Gasteiger partial charge is 0.460 e. The van der Waals surface area contributed by atoms with Crippen molar-refractivity contribution in [2.75, 3.05) is 13.1 Å². The minimum atomic E-state index is -0.217. The van der Waals surface area contributed by atoms with Crippen LogP contribution in [0.2, 0.25) is 0 Å². The number of hydrogen-bond donors (Lipinski definition) is 1. The van der Waals surface area contributed by atoms with Gasteiger partial charge in [-0.05, 0) is 48.1 Å². The maximum Gasteiger partial charge on any atom is 0.288 e. The van der Waals surface area contributed by atoms with E-state index >= 15 is 0 Å². The van der Waals surface area contributed by atoms with Crippen molar-refractivity contribution in [3.8, 4) is 0 Å². The number of nitrogens with two attached hydrogens (primary N) is 1. The summed E-state index contributed by atoms with van der Waals surface area (Å²) in [5, 5.41) is 0. The number of fused-ring (bicyclic) bond motifs is 1. The molecule has 3 aliphatic rings. The van der Waals surface area contributed by atoms with Crippen molar-refractivity contribution in [1.82, 2.24) is 4.90 Å². The highest BCUT2D eigenvalue weighted by molar-refractivity contribution is 5.77. The third kappa shape index (κ3) is 3.00. The molecule has 0 spiro atoms. The Hall–Kier alpha value is -2.40. The fourth-order valence-electron chi connectivity index (χ4n) is 4.57. The molecule has 0 saturated heterocycles. The highest BCUT2D eigenvalue weighted by Crippen LogP contribution is 2.38. The maximum absolute atomic E-state index is 13.5. The van der Waals surface area contributed by atoms with Crippen LogP contribution in [0.25, 0.3) is 0 Å². The number of rotatable bonds is 2. The van der Waals surface area contributed by atoms with Crippen molar-refractivity contribution in [3.05, 3.63) is 71.0 Å². The second kappa shape index (κ2) is 6.64. The van der Waals surface area contributed by atoms with Gasteiger partial charge in [-0.3, -0.25) is 0 Å². The Morgan fingerprint density at radius 1 is 1.07 bits per heavy atom. The maximum atomic E-state index is 13.5. The first-order valence-electron chi connectivity index (χ1n) is 9.75. The van der Waals surface area contributed by atoms with Gasteiger partial charge in [0.1, 0.15) is 11.9 Å². The van der Waals surface area contributed by atoms with Crippen LogP contribution in [0, 0.1) is 11.7 Å². The third-order valence-electron chi connectivity index (χ3n) is 6.11. The van der Waals surface area contributed by atoms with Crippen LogP contribution >= 0.6 is 0 Å². The molecule has 27 heavy (non-hydrogen) atoms. The van der Waals surface area contributed by atoms with Gasteiger partial charge in [0.25, 0.3) is 6.02 Å². The smallest absolute Gasteiger partial charge is 0.288 e. The van der Waals surface area contributed by atoms with E-state index in [0.29, 0.717) is 18.5 Å². The van der Waals surface area contributed by atoms with Gasteiger partial charge in [-0.2, -0.15) is 0 Å². The molecule has 0 unspecified atom stereocenters. The molecular formula is C22H24FN3O. The molecule has 0 amide bonds. The van der Waals surface area contributed by atoms with Crippen LogP contribution in [0.5, 0.6) is 0 Å². The fraction of sp³-hybridized carbons (Fsp3) is 0.409. The zero-order chi connectivity index (χ0) is 18.4. The summed E-state index contributed by atoms with van der Waals surface area (Å²) >= 11 is 0. The van der Waals surface area contributed by atoms with E-state index in [1.807, 2.05) is 12.1 Å². The van der Waals surface area contributed by atoms with Crippen molar-refractivity contribution in [2.24, 2.45) is 16.6 Å². The van der Waals surface area contributed by atoms with Gasteiger partial charge in [-0.15, -0.1) is 0 Å². The molecule has 1 fully saturated rings. The lowest BCUT2D eigenvalue weighted by Crippen LogP contribution is -2.45. The topological polar surface area (TPSA) is 50.8 Å². The zero-order valence-corrected chi connectivity index (χ0v) is 15.2. The molecule has 0 bridgehead atoms. The Morgan fingerprint density at radius 2 is 1.85 bits per heavy atom. The lowest BCUT2D eigenvalue weighted by Gasteiger charge is -2.40. The van der Waals surface area contributed by atoms with Crippen molar-refractivity contribution in [1.29, 1.82) is 0 Å². The summed E-state index contributed by atoms with van der Waals surface area (Å²) in [6.07, 6.45) is 3.15. The highest BCUT2D eigenvalue weighted by atomic mass is 19.1. The number of halogens is 1. The van der Waals surface area contributed by atoms with Gasteiger partial charge >= 0.3 is 0 Å². The van der Waals surface area contributed by atoms with E-state index in [1.54, 1.807) is 0 Å². The molecule has 1 aliphatic carbocycles. The molecule has 5 heteroatoms. The Balaban J connectivity index is 1.45. The molecule has 2 heterocycles. The van der Waals surface area contributed by atoms with Crippen LogP contribution in [0.3, 0.4) is 0 Å². The summed E-state index contributed by atoms with van der Waals surface area (Å²) in [5.74, 6) is 0.299. The number of ether oxygens (including phenoxy) is 1. The Bertz CT molecular complexity index is 860. The van der Waals surface area contributed by atoms with Crippen LogP contribution in [-0.2, 0) is 11.2 Å². The Labute approximate surface area is 158 Å². The number of amidine groups is 1.